The quantitative estimate of drug-likeness (QED) is 0.246. The summed E-state index contributed by atoms with van der Waals surface area (Å²) >= 11 is 0. The second-order valence-corrected chi connectivity index (χ2v) is 10.3. The fourth-order valence-electron chi connectivity index (χ4n) is 5.71. The Morgan fingerprint density at radius 1 is 1.02 bits per heavy atom. The van der Waals surface area contributed by atoms with Gasteiger partial charge in [-0.05, 0) is 54.0 Å². The number of hydrogen-bond acceptors (Lipinski definition) is 10. The van der Waals surface area contributed by atoms with Gasteiger partial charge in [-0.25, -0.2) is 0 Å². The van der Waals surface area contributed by atoms with Gasteiger partial charge in [0, 0.05) is 31.3 Å². The summed E-state index contributed by atoms with van der Waals surface area (Å²) in [6, 6.07) is 7.81. The maximum atomic E-state index is 13.6. The molecule has 0 saturated carbocycles. The van der Waals surface area contributed by atoms with E-state index in [1.165, 1.54) is 19.1 Å². The number of nitrogens with zero attached hydrogens (tertiary/aromatic N) is 1. The number of carbonyl (C=O) groups is 2. The molecule has 0 fully saturated rings. The van der Waals surface area contributed by atoms with Crippen LogP contribution < -0.4 is 24.3 Å². The van der Waals surface area contributed by atoms with Crippen molar-refractivity contribution in [3.8, 4) is 23.0 Å². The minimum atomic E-state index is -1.23. The number of rotatable bonds is 14. The maximum Gasteiger partial charge on any atom is 0.247 e. The Labute approximate surface area is 250 Å². The van der Waals surface area contributed by atoms with Crippen molar-refractivity contribution in [1.29, 1.82) is 0 Å². The zero-order chi connectivity index (χ0) is 31.1. The Bertz CT molecular complexity index is 1330. The van der Waals surface area contributed by atoms with Crippen LogP contribution in [0, 0.1) is 0 Å². The molecular formula is C31H40N2O10. The van der Waals surface area contributed by atoms with E-state index < -0.39 is 30.1 Å². The summed E-state index contributed by atoms with van der Waals surface area (Å²) in [7, 11) is 6.09. The first-order valence-corrected chi connectivity index (χ1v) is 14.1. The average molecular weight is 601 g/mol. The van der Waals surface area contributed by atoms with E-state index >= 15 is 0 Å². The molecule has 0 unspecified atom stereocenters. The summed E-state index contributed by atoms with van der Waals surface area (Å²) in [5.41, 5.74) is 2.20. The first-order chi connectivity index (χ1) is 20.8. The van der Waals surface area contributed by atoms with Crippen LogP contribution in [-0.4, -0.2) is 105 Å². The van der Waals surface area contributed by atoms with Gasteiger partial charge in [-0.15, -0.1) is 0 Å². The summed E-state index contributed by atoms with van der Waals surface area (Å²) in [6.45, 7) is -0.168. The molecule has 4 rings (SSSR count). The van der Waals surface area contributed by atoms with Crippen LogP contribution in [0.5, 0.6) is 23.0 Å². The molecule has 0 spiro atoms. The van der Waals surface area contributed by atoms with E-state index in [0.29, 0.717) is 40.5 Å². The topological polar surface area (TPSA) is 156 Å². The van der Waals surface area contributed by atoms with Gasteiger partial charge < -0.3 is 49.2 Å². The Hall–Kier alpha value is -3.84. The lowest BCUT2D eigenvalue weighted by molar-refractivity contribution is -0.138. The molecule has 4 atom stereocenters. The average Bonchev–Trinajstić information content (AvgIpc) is 3.42. The molecule has 12 heteroatoms. The molecule has 0 saturated heterocycles. The van der Waals surface area contributed by atoms with Crippen LogP contribution in [0.1, 0.15) is 29.0 Å². The van der Waals surface area contributed by atoms with Gasteiger partial charge >= 0.3 is 0 Å². The number of carbonyl (C=O) groups excluding carboxylic acids is 2. The minimum absolute atomic E-state index is 0.0145. The van der Waals surface area contributed by atoms with Crippen molar-refractivity contribution in [3.05, 3.63) is 58.7 Å². The van der Waals surface area contributed by atoms with E-state index in [0.717, 1.165) is 5.56 Å². The van der Waals surface area contributed by atoms with E-state index in [-0.39, 0.29) is 50.8 Å². The van der Waals surface area contributed by atoms with E-state index in [1.54, 1.807) is 44.6 Å². The van der Waals surface area contributed by atoms with Gasteiger partial charge in [0.05, 0.1) is 59.5 Å². The molecule has 1 aliphatic heterocycles. The molecular weight excluding hydrogens is 560 g/mol. The standard InChI is InChI=1S/C31H40N2O10/c1-39-12-8-26(36)33(10-7-19-15-20(40-2)5-6-24(19)41-3)23-16-22(31(38)32-9-11-34)27-21-13-18(17-35)14-25(42-4)29(21)43-30(27)28(23)37/h5-6,13-16,23,27-28,30,34-35,37H,7-12,17H2,1-4H3,(H,32,38)/t23-,27+,28+,30+/m1/s1. The van der Waals surface area contributed by atoms with Gasteiger partial charge in [0.2, 0.25) is 11.8 Å². The van der Waals surface area contributed by atoms with Crippen molar-refractivity contribution in [1.82, 2.24) is 10.2 Å². The number of benzene rings is 2. The van der Waals surface area contributed by atoms with Crippen molar-refractivity contribution in [3.63, 3.8) is 0 Å². The molecule has 4 N–H and O–H groups in total. The SMILES string of the molecule is COCCC(=O)N(CCc1cc(OC)ccc1OC)[C@@H]1C=C(C(=O)NCCO)[C@@H]2c3cc(CO)cc(OC)c3O[C@@H]2[C@H]1O. The Morgan fingerprint density at radius 3 is 2.44 bits per heavy atom. The second kappa shape index (κ2) is 14.6. The highest BCUT2D eigenvalue weighted by atomic mass is 16.5. The second-order valence-electron chi connectivity index (χ2n) is 10.3. The third kappa shape index (κ3) is 6.72. The molecule has 1 heterocycles. The third-order valence-electron chi connectivity index (χ3n) is 7.80. The molecule has 0 aromatic heterocycles. The summed E-state index contributed by atoms with van der Waals surface area (Å²) in [6.07, 6.45) is -0.148. The molecule has 2 aliphatic rings. The van der Waals surface area contributed by atoms with Gasteiger partial charge in [-0.3, -0.25) is 9.59 Å². The molecule has 1 aliphatic carbocycles. The lowest BCUT2D eigenvalue weighted by Crippen LogP contribution is -2.56. The monoisotopic (exact) mass is 600 g/mol. The Kier molecular flexibility index (Phi) is 10.9. The van der Waals surface area contributed by atoms with Crippen LogP contribution in [0.3, 0.4) is 0 Å². The summed E-state index contributed by atoms with van der Waals surface area (Å²) in [5, 5.41) is 33.7. The largest absolute Gasteiger partial charge is 0.497 e. The van der Waals surface area contributed by atoms with Crippen LogP contribution in [0.15, 0.2) is 42.0 Å². The van der Waals surface area contributed by atoms with Crippen LogP contribution in [0.4, 0.5) is 0 Å². The highest BCUT2D eigenvalue weighted by Gasteiger charge is 2.51. The van der Waals surface area contributed by atoms with E-state index in [1.807, 2.05) is 6.07 Å². The molecule has 2 amide bonds. The van der Waals surface area contributed by atoms with E-state index in [2.05, 4.69) is 5.32 Å². The van der Waals surface area contributed by atoms with Crippen LogP contribution in [0.2, 0.25) is 0 Å². The van der Waals surface area contributed by atoms with Gasteiger partial charge in [-0.1, -0.05) is 0 Å². The highest BCUT2D eigenvalue weighted by molar-refractivity contribution is 5.96. The number of amides is 2. The third-order valence-corrected chi connectivity index (χ3v) is 7.80. The van der Waals surface area contributed by atoms with Crippen molar-refractivity contribution in [2.24, 2.45) is 0 Å². The molecule has 12 nitrogen and oxygen atoms in total. The maximum absolute atomic E-state index is 13.6. The van der Waals surface area contributed by atoms with Gasteiger partial charge in [0.15, 0.2) is 11.5 Å². The summed E-state index contributed by atoms with van der Waals surface area (Å²) < 4.78 is 27.8. The lowest BCUT2D eigenvalue weighted by atomic mass is 9.77. The fourth-order valence-corrected chi connectivity index (χ4v) is 5.71. The smallest absolute Gasteiger partial charge is 0.247 e. The van der Waals surface area contributed by atoms with Gasteiger partial charge in [-0.2, -0.15) is 0 Å². The summed E-state index contributed by atoms with van der Waals surface area (Å²) in [4.78, 5) is 28.7. The molecule has 0 bridgehead atoms. The first-order valence-electron chi connectivity index (χ1n) is 14.1. The van der Waals surface area contributed by atoms with Gasteiger partial charge in [0.25, 0.3) is 0 Å². The molecule has 234 valence electrons. The number of fused-ring (bicyclic) bond motifs is 3. The number of methoxy groups -OCH3 is 4. The van der Waals surface area contributed by atoms with E-state index in [4.69, 9.17) is 23.7 Å². The summed E-state index contributed by atoms with van der Waals surface area (Å²) in [5.74, 6) is 0.495. The molecule has 43 heavy (non-hydrogen) atoms. The van der Waals surface area contributed by atoms with Gasteiger partial charge in [0.1, 0.15) is 23.7 Å². The molecule has 2 aromatic rings. The zero-order valence-corrected chi connectivity index (χ0v) is 24.9. The first kappa shape index (κ1) is 32.1. The van der Waals surface area contributed by atoms with Crippen LogP contribution >= 0.6 is 0 Å². The zero-order valence-electron chi connectivity index (χ0n) is 24.9. The number of aliphatic hydroxyl groups excluding tert-OH is 3. The highest BCUT2D eigenvalue weighted by Crippen LogP contribution is 2.51. The fraction of sp³-hybridized carbons (Fsp3) is 0.484. The van der Waals surface area contributed by atoms with Crippen molar-refractivity contribution < 1.29 is 48.6 Å². The predicted molar refractivity (Wildman–Crippen MR) is 156 cm³/mol. The predicted octanol–water partition coefficient (Wildman–Crippen LogP) is 0.935. The minimum Gasteiger partial charge on any atom is -0.497 e. The van der Waals surface area contributed by atoms with Crippen molar-refractivity contribution >= 4 is 11.8 Å². The Balaban J connectivity index is 1.77. The number of nitrogens with one attached hydrogen (secondary N) is 1. The normalized spacial score (nSPS) is 20.3. The molecule has 2 aromatic carbocycles. The number of aliphatic hydroxyl groups is 3. The number of hydrogen-bond donors (Lipinski definition) is 4. The lowest BCUT2D eigenvalue weighted by Gasteiger charge is -2.41. The molecule has 0 radical (unpaired) electrons. The van der Waals surface area contributed by atoms with Crippen LogP contribution in [-0.2, 0) is 27.4 Å². The van der Waals surface area contributed by atoms with Crippen LogP contribution in [0.25, 0.3) is 0 Å². The van der Waals surface area contributed by atoms with E-state index in [9.17, 15) is 24.9 Å². The Morgan fingerprint density at radius 2 is 1.79 bits per heavy atom. The number of ether oxygens (including phenoxy) is 5. The van der Waals surface area contributed by atoms with Crippen molar-refractivity contribution in [2.75, 3.05) is 54.7 Å². The van der Waals surface area contributed by atoms with Crippen molar-refractivity contribution in [2.45, 2.75) is 43.6 Å².